The molecule has 22 heavy (non-hydrogen) atoms. The van der Waals surface area contributed by atoms with Gasteiger partial charge in [0.05, 0.1) is 19.8 Å². The number of phenols is 1. The maximum Gasteiger partial charge on any atom is 0.189 e. The standard InChI is InChI=1S/C17H15FO4/c1-21-16-8-4-11(9-17(16)22-2)3-6-14(19)13-10-12(18)5-7-15(13)20/h3-10,20H,1-2H3. The predicted molar refractivity (Wildman–Crippen MR) is 81.0 cm³/mol. The van der Waals surface area contributed by atoms with Crippen LogP contribution in [0.25, 0.3) is 6.08 Å². The van der Waals surface area contributed by atoms with Crippen molar-refractivity contribution in [3.8, 4) is 17.2 Å². The monoisotopic (exact) mass is 302 g/mol. The highest BCUT2D eigenvalue weighted by atomic mass is 19.1. The summed E-state index contributed by atoms with van der Waals surface area (Å²) in [4.78, 5) is 12.0. The van der Waals surface area contributed by atoms with Gasteiger partial charge in [0.25, 0.3) is 0 Å². The van der Waals surface area contributed by atoms with E-state index >= 15 is 0 Å². The molecule has 0 heterocycles. The average molecular weight is 302 g/mol. The van der Waals surface area contributed by atoms with Crippen molar-refractivity contribution < 1.29 is 23.8 Å². The van der Waals surface area contributed by atoms with E-state index in [0.29, 0.717) is 17.1 Å². The summed E-state index contributed by atoms with van der Waals surface area (Å²) in [6.45, 7) is 0. The van der Waals surface area contributed by atoms with E-state index in [9.17, 15) is 14.3 Å². The Morgan fingerprint density at radius 3 is 2.50 bits per heavy atom. The number of methoxy groups -OCH3 is 2. The van der Waals surface area contributed by atoms with Crippen LogP contribution in [0.1, 0.15) is 15.9 Å². The number of carbonyl (C=O) groups is 1. The van der Waals surface area contributed by atoms with E-state index in [4.69, 9.17) is 9.47 Å². The summed E-state index contributed by atoms with van der Waals surface area (Å²) in [6, 6.07) is 8.39. The van der Waals surface area contributed by atoms with Gasteiger partial charge in [0, 0.05) is 0 Å². The molecule has 114 valence electrons. The topological polar surface area (TPSA) is 55.8 Å². The third kappa shape index (κ3) is 3.44. The highest BCUT2D eigenvalue weighted by Gasteiger charge is 2.09. The molecule has 0 fully saturated rings. The number of hydrogen-bond acceptors (Lipinski definition) is 4. The third-order valence-corrected chi connectivity index (χ3v) is 3.06. The quantitative estimate of drug-likeness (QED) is 0.679. The summed E-state index contributed by atoms with van der Waals surface area (Å²) in [5, 5.41) is 9.60. The average Bonchev–Trinajstić information content (AvgIpc) is 2.54. The predicted octanol–water partition coefficient (Wildman–Crippen LogP) is 3.44. The highest BCUT2D eigenvalue weighted by molar-refractivity contribution is 6.08. The first-order chi connectivity index (χ1) is 10.5. The second-order valence-electron chi connectivity index (χ2n) is 4.47. The lowest BCUT2D eigenvalue weighted by atomic mass is 10.1. The van der Waals surface area contributed by atoms with E-state index in [0.717, 1.165) is 18.2 Å². The molecule has 0 radical (unpaired) electrons. The van der Waals surface area contributed by atoms with Crippen LogP contribution >= 0.6 is 0 Å². The van der Waals surface area contributed by atoms with Crippen LogP contribution in [0.2, 0.25) is 0 Å². The fourth-order valence-electron chi connectivity index (χ4n) is 1.92. The van der Waals surface area contributed by atoms with Gasteiger partial charge in [-0.25, -0.2) is 4.39 Å². The number of hydrogen-bond donors (Lipinski definition) is 1. The highest BCUT2D eigenvalue weighted by Crippen LogP contribution is 2.28. The Bertz CT molecular complexity index is 723. The summed E-state index contributed by atoms with van der Waals surface area (Å²) in [5.41, 5.74) is 0.624. The van der Waals surface area contributed by atoms with Gasteiger partial charge in [-0.3, -0.25) is 4.79 Å². The summed E-state index contributed by atoms with van der Waals surface area (Å²) in [6.07, 6.45) is 2.81. The van der Waals surface area contributed by atoms with Gasteiger partial charge in [-0.2, -0.15) is 0 Å². The zero-order valence-electron chi connectivity index (χ0n) is 12.2. The molecule has 0 atom stereocenters. The van der Waals surface area contributed by atoms with E-state index in [1.807, 2.05) is 0 Å². The molecule has 0 bridgehead atoms. The van der Waals surface area contributed by atoms with Gasteiger partial charge in [-0.1, -0.05) is 12.1 Å². The molecule has 0 spiro atoms. The summed E-state index contributed by atoms with van der Waals surface area (Å²) in [7, 11) is 3.05. The second-order valence-corrected chi connectivity index (χ2v) is 4.47. The molecule has 2 aromatic rings. The first-order valence-electron chi connectivity index (χ1n) is 6.48. The normalized spacial score (nSPS) is 10.7. The summed E-state index contributed by atoms with van der Waals surface area (Å²) >= 11 is 0. The molecule has 5 heteroatoms. The lowest BCUT2D eigenvalue weighted by molar-refractivity contribution is 0.104. The molecule has 0 aromatic heterocycles. The van der Waals surface area contributed by atoms with Crippen molar-refractivity contribution in [3.63, 3.8) is 0 Å². The molecule has 0 saturated heterocycles. The lowest BCUT2D eigenvalue weighted by Crippen LogP contribution is -1.96. The number of carbonyl (C=O) groups excluding carboxylic acids is 1. The van der Waals surface area contributed by atoms with Crippen molar-refractivity contribution in [2.24, 2.45) is 0 Å². The van der Waals surface area contributed by atoms with E-state index in [1.165, 1.54) is 20.3 Å². The molecule has 0 saturated carbocycles. The van der Waals surface area contributed by atoms with Crippen LogP contribution in [-0.4, -0.2) is 25.1 Å². The molecule has 0 aliphatic carbocycles. The minimum atomic E-state index is -0.583. The van der Waals surface area contributed by atoms with Gasteiger partial charge in [0.2, 0.25) is 0 Å². The largest absolute Gasteiger partial charge is 0.507 e. The van der Waals surface area contributed by atoms with Crippen LogP contribution in [0, 0.1) is 5.82 Å². The Morgan fingerprint density at radius 1 is 1.09 bits per heavy atom. The number of ketones is 1. The van der Waals surface area contributed by atoms with Crippen LogP contribution in [-0.2, 0) is 0 Å². The molecule has 0 unspecified atom stereocenters. The van der Waals surface area contributed by atoms with Crippen LogP contribution in [0.4, 0.5) is 4.39 Å². The first-order valence-corrected chi connectivity index (χ1v) is 6.48. The number of benzene rings is 2. The van der Waals surface area contributed by atoms with E-state index in [2.05, 4.69) is 0 Å². The molecule has 2 rings (SSSR count). The van der Waals surface area contributed by atoms with E-state index < -0.39 is 11.6 Å². The van der Waals surface area contributed by atoms with Crippen LogP contribution in [0.3, 0.4) is 0 Å². The van der Waals surface area contributed by atoms with Gasteiger partial charge in [-0.15, -0.1) is 0 Å². The third-order valence-electron chi connectivity index (χ3n) is 3.06. The van der Waals surface area contributed by atoms with Gasteiger partial charge < -0.3 is 14.6 Å². The molecule has 2 aromatic carbocycles. The Balaban J connectivity index is 2.24. The minimum absolute atomic E-state index is 0.0864. The Morgan fingerprint density at radius 2 is 1.82 bits per heavy atom. The van der Waals surface area contributed by atoms with Crippen LogP contribution in [0.15, 0.2) is 42.5 Å². The minimum Gasteiger partial charge on any atom is -0.507 e. The van der Waals surface area contributed by atoms with Gasteiger partial charge in [-0.05, 0) is 42.0 Å². The fourth-order valence-corrected chi connectivity index (χ4v) is 1.92. The smallest absolute Gasteiger partial charge is 0.189 e. The molecule has 0 amide bonds. The van der Waals surface area contributed by atoms with Crippen LogP contribution < -0.4 is 9.47 Å². The zero-order valence-corrected chi connectivity index (χ0v) is 12.2. The van der Waals surface area contributed by atoms with E-state index in [1.54, 1.807) is 24.3 Å². The SMILES string of the molecule is COc1ccc(C=CC(=O)c2cc(F)ccc2O)cc1OC. The van der Waals surface area contributed by atoms with Crippen molar-refractivity contribution in [1.82, 2.24) is 0 Å². The van der Waals surface area contributed by atoms with Crippen molar-refractivity contribution >= 4 is 11.9 Å². The maximum absolute atomic E-state index is 13.1. The Labute approximate surface area is 127 Å². The van der Waals surface area contributed by atoms with Crippen molar-refractivity contribution in [2.45, 2.75) is 0 Å². The summed E-state index contributed by atoms with van der Waals surface area (Å²) in [5.74, 6) is -0.227. The number of allylic oxidation sites excluding steroid dienone is 1. The maximum atomic E-state index is 13.1. The van der Waals surface area contributed by atoms with Crippen molar-refractivity contribution in [3.05, 3.63) is 59.4 Å². The van der Waals surface area contributed by atoms with Crippen molar-refractivity contribution in [2.75, 3.05) is 14.2 Å². The molecule has 1 N–H and O–H groups in total. The molecule has 0 aliphatic rings. The summed E-state index contributed by atoms with van der Waals surface area (Å²) < 4.78 is 23.4. The molecular formula is C17H15FO4. The van der Waals surface area contributed by atoms with E-state index in [-0.39, 0.29) is 11.3 Å². The molecular weight excluding hydrogens is 287 g/mol. The molecule has 0 aliphatic heterocycles. The van der Waals surface area contributed by atoms with Crippen LogP contribution in [0.5, 0.6) is 17.2 Å². The lowest BCUT2D eigenvalue weighted by Gasteiger charge is -2.07. The Kier molecular flexibility index (Phi) is 4.78. The first kappa shape index (κ1) is 15.6. The number of ether oxygens (including phenoxy) is 2. The number of aromatic hydroxyl groups is 1. The second kappa shape index (κ2) is 6.76. The van der Waals surface area contributed by atoms with Gasteiger partial charge in [0.1, 0.15) is 11.6 Å². The van der Waals surface area contributed by atoms with Gasteiger partial charge in [0.15, 0.2) is 17.3 Å². The number of phenolic OH excluding ortho intramolecular Hbond substituents is 1. The van der Waals surface area contributed by atoms with Crippen molar-refractivity contribution in [1.29, 1.82) is 0 Å². The Hall–Kier alpha value is -2.82. The number of rotatable bonds is 5. The number of halogens is 1. The molecule has 4 nitrogen and oxygen atoms in total. The zero-order chi connectivity index (χ0) is 16.1. The van der Waals surface area contributed by atoms with Gasteiger partial charge >= 0.3 is 0 Å². The fraction of sp³-hybridized carbons (Fsp3) is 0.118.